The van der Waals surface area contributed by atoms with Gasteiger partial charge in [-0.25, -0.2) is 0 Å². The number of thioether (sulfide) groups is 1. The van der Waals surface area contributed by atoms with E-state index in [1.807, 2.05) is 0 Å². The molecular weight excluding hydrogens is 364 g/mol. The standard InChI is InChI=1S/C15H17ClN6O2S/c16-11-3-5-12(6-4-11)22-15(18-19-20-22)25-9-13(23)21-7-1-2-10(8-21)14(17)24/h3-6,10H,1-2,7-9H2,(H2,17,24)/t10-/m1/s1. The topological polar surface area (TPSA) is 107 Å². The number of benzene rings is 1. The smallest absolute Gasteiger partial charge is 0.233 e. The molecule has 0 unspecified atom stereocenters. The lowest BCUT2D eigenvalue weighted by Crippen LogP contribution is -2.44. The molecule has 2 heterocycles. The van der Waals surface area contributed by atoms with E-state index < -0.39 is 0 Å². The van der Waals surface area contributed by atoms with Crippen molar-refractivity contribution in [3.05, 3.63) is 29.3 Å². The zero-order chi connectivity index (χ0) is 17.8. The number of primary amides is 1. The third-order valence-electron chi connectivity index (χ3n) is 4.01. The Morgan fingerprint density at radius 2 is 2.08 bits per heavy atom. The van der Waals surface area contributed by atoms with Gasteiger partial charge in [-0.3, -0.25) is 9.59 Å². The van der Waals surface area contributed by atoms with Crippen LogP contribution in [0.3, 0.4) is 0 Å². The van der Waals surface area contributed by atoms with Crippen LogP contribution in [-0.2, 0) is 9.59 Å². The Bertz CT molecular complexity index is 766. The summed E-state index contributed by atoms with van der Waals surface area (Å²) in [6.45, 7) is 1.03. The number of hydrogen-bond donors (Lipinski definition) is 1. The lowest BCUT2D eigenvalue weighted by atomic mass is 9.97. The number of amides is 2. The number of hydrogen-bond acceptors (Lipinski definition) is 6. The summed E-state index contributed by atoms with van der Waals surface area (Å²) in [5.74, 6) is -0.472. The molecule has 0 saturated carbocycles. The molecule has 2 aromatic rings. The molecule has 8 nitrogen and oxygen atoms in total. The molecule has 0 radical (unpaired) electrons. The van der Waals surface area contributed by atoms with Crippen molar-refractivity contribution in [2.24, 2.45) is 11.7 Å². The predicted molar refractivity (Wildman–Crippen MR) is 93.4 cm³/mol. The molecular formula is C15H17ClN6O2S. The Morgan fingerprint density at radius 1 is 1.32 bits per heavy atom. The molecule has 0 aliphatic carbocycles. The second-order valence-electron chi connectivity index (χ2n) is 5.72. The highest BCUT2D eigenvalue weighted by atomic mass is 35.5. The summed E-state index contributed by atoms with van der Waals surface area (Å²) in [6.07, 6.45) is 1.52. The van der Waals surface area contributed by atoms with Gasteiger partial charge >= 0.3 is 0 Å². The fourth-order valence-electron chi connectivity index (χ4n) is 2.67. The van der Waals surface area contributed by atoms with Gasteiger partial charge in [0.15, 0.2) is 0 Å². The minimum atomic E-state index is -0.350. The third-order valence-corrected chi connectivity index (χ3v) is 5.17. The predicted octanol–water partition coefficient (Wildman–Crippen LogP) is 1.13. The van der Waals surface area contributed by atoms with E-state index in [-0.39, 0.29) is 23.5 Å². The maximum absolute atomic E-state index is 12.4. The first-order valence-corrected chi connectivity index (χ1v) is 9.15. The maximum Gasteiger partial charge on any atom is 0.233 e. The van der Waals surface area contributed by atoms with Crippen molar-refractivity contribution in [3.8, 4) is 5.69 Å². The first-order chi connectivity index (χ1) is 12.0. The fourth-order valence-corrected chi connectivity index (χ4v) is 3.59. The van der Waals surface area contributed by atoms with Crippen molar-refractivity contribution in [1.82, 2.24) is 25.1 Å². The molecule has 0 spiro atoms. The number of nitrogens with zero attached hydrogens (tertiary/aromatic N) is 5. The van der Waals surface area contributed by atoms with E-state index in [0.29, 0.717) is 23.3 Å². The van der Waals surface area contributed by atoms with E-state index >= 15 is 0 Å². The Labute approximate surface area is 153 Å². The SMILES string of the molecule is NC(=O)[C@@H]1CCCN(C(=O)CSc2nnnn2-c2ccc(Cl)cc2)C1. The lowest BCUT2D eigenvalue weighted by molar-refractivity contribution is -0.132. The highest BCUT2D eigenvalue weighted by molar-refractivity contribution is 7.99. The van der Waals surface area contributed by atoms with E-state index in [1.165, 1.54) is 11.8 Å². The quantitative estimate of drug-likeness (QED) is 0.779. The van der Waals surface area contributed by atoms with Crippen molar-refractivity contribution < 1.29 is 9.59 Å². The van der Waals surface area contributed by atoms with Gasteiger partial charge in [0.1, 0.15) is 0 Å². The van der Waals surface area contributed by atoms with E-state index in [9.17, 15) is 9.59 Å². The van der Waals surface area contributed by atoms with E-state index in [4.69, 9.17) is 17.3 Å². The third kappa shape index (κ3) is 4.29. The average Bonchev–Trinajstić information content (AvgIpc) is 3.09. The minimum absolute atomic E-state index is 0.0541. The molecule has 2 amide bonds. The van der Waals surface area contributed by atoms with Crippen molar-refractivity contribution in [2.45, 2.75) is 18.0 Å². The van der Waals surface area contributed by atoms with Gasteiger partial charge in [0.05, 0.1) is 17.4 Å². The van der Waals surface area contributed by atoms with Gasteiger partial charge in [0, 0.05) is 18.1 Å². The summed E-state index contributed by atoms with van der Waals surface area (Å²) < 4.78 is 1.55. The van der Waals surface area contributed by atoms with Gasteiger partial charge < -0.3 is 10.6 Å². The van der Waals surface area contributed by atoms with Crippen molar-refractivity contribution in [1.29, 1.82) is 0 Å². The summed E-state index contributed by atoms with van der Waals surface area (Å²) >= 11 is 7.14. The fraction of sp³-hybridized carbons (Fsp3) is 0.400. The zero-order valence-electron chi connectivity index (χ0n) is 13.3. The largest absolute Gasteiger partial charge is 0.369 e. The van der Waals surface area contributed by atoms with E-state index in [0.717, 1.165) is 18.5 Å². The van der Waals surface area contributed by atoms with Gasteiger partial charge in [-0.2, -0.15) is 4.68 Å². The molecule has 1 aliphatic heterocycles. The van der Waals surface area contributed by atoms with Crippen molar-refractivity contribution >= 4 is 35.2 Å². The summed E-state index contributed by atoms with van der Waals surface area (Å²) in [5.41, 5.74) is 6.11. The maximum atomic E-state index is 12.4. The summed E-state index contributed by atoms with van der Waals surface area (Å²) in [5, 5.41) is 12.7. The van der Waals surface area contributed by atoms with Crippen LogP contribution in [0.5, 0.6) is 0 Å². The molecule has 10 heteroatoms. The van der Waals surface area contributed by atoms with Gasteiger partial charge in [-0.15, -0.1) is 5.10 Å². The highest BCUT2D eigenvalue weighted by Gasteiger charge is 2.27. The number of halogens is 1. The monoisotopic (exact) mass is 380 g/mol. The molecule has 132 valence electrons. The number of tetrazole rings is 1. The first kappa shape index (κ1) is 17.7. The van der Waals surface area contributed by atoms with Crippen LogP contribution in [0.2, 0.25) is 5.02 Å². The van der Waals surface area contributed by atoms with Crippen LogP contribution >= 0.6 is 23.4 Å². The molecule has 1 saturated heterocycles. The number of carbonyl (C=O) groups is 2. The minimum Gasteiger partial charge on any atom is -0.369 e. The lowest BCUT2D eigenvalue weighted by Gasteiger charge is -2.31. The summed E-state index contributed by atoms with van der Waals surface area (Å²) in [6, 6.07) is 7.09. The number of nitrogens with two attached hydrogens (primary N) is 1. The molecule has 0 bridgehead atoms. The number of aromatic nitrogens is 4. The van der Waals surface area contributed by atoms with Crippen LogP contribution in [0.15, 0.2) is 29.4 Å². The normalized spacial score (nSPS) is 17.5. The van der Waals surface area contributed by atoms with Crippen LogP contribution in [0.25, 0.3) is 5.69 Å². The van der Waals surface area contributed by atoms with Crippen LogP contribution in [0.4, 0.5) is 0 Å². The second kappa shape index (κ2) is 7.83. The second-order valence-corrected chi connectivity index (χ2v) is 7.10. The molecule has 1 aromatic carbocycles. The van der Waals surface area contributed by atoms with Crippen molar-refractivity contribution in [2.75, 3.05) is 18.8 Å². The van der Waals surface area contributed by atoms with Crippen molar-refractivity contribution in [3.63, 3.8) is 0 Å². The Morgan fingerprint density at radius 3 is 2.80 bits per heavy atom. The molecule has 1 fully saturated rings. The van der Waals surface area contributed by atoms with Crippen LogP contribution in [0, 0.1) is 5.92 Å². The molecule has 1 atom stereocenters. The molecule has 1 aliphatic rings. The average molecular weight is 381 g/mol. The number of piperidine rings is 1. The van der Waals surface area contributed by atoms with Gasteiger partial charge in [0.2, 0.25) is 17.0 Å². The van der Waals surface area contributed by atoms with Crippen LogP contribution in [-0.4, -0.2) is 55.8 Å². The summed E-state index contributed by atoms with van der Waals surface area (Å²) in [7, 11) is 0. The molecule has 3 rings (SSSR count). The van der Waals surface area contributed by atoms with E-state index in [1.54, 1.807) is 33.8 Å². The Hall–Kier alpha value is -2.13. The van der Waals surface area contributed by atoms with Gasteiger partial charge in [-0.1, -0.05) is 23.4 Å². The van der Waals surface area contributed by atoms with E-state index in [2.05, 4.69) is 15.5 Å². The highest BCUT2D eigenvalue weighted by Crippen LogP contribution is 2.22. The zero-order valence-corrected chi connectivity index (χ0v) is 14.9. The molecule has 1 aromatic heterocycles. The summed E-state index contributed by atoms with van der Waals surface area (Å²) in [4.78, 5) is 25.4. The van der Waals surface area contributed by atoms with Crippen LogP contribution in [0.1, 0.15) is 12.8 Å². The molecule has 2 N–H and O–H groups in total. The van der Waals surface area contributed by atoms with Crippen LogP contribution < -0.4 is 5.73 Å². The van der Waals surface area contributed by atoms with Gasteiger partial charge in [-0.05, 0) is 47.5 Å². The Kier molecular flexibility index (Phi) is 5.54. The van der Waals surface area contributed by atoms with Gasteiger partial charge in [0.25, 0.3) is 0 Å². The number of likely N-dealkylation sites (tertiary alicyclic amines) is 1. The number of rotatable bonds is 5. The number of carbonyl (C=O) groups excluding carboxylic acids is 2. The molecule has 25 heavy (non-hydrogen) atoms. The first-order valence-electron chi connectivity index (χ1n) is 7.79. The Balaban J connectivity index is 1.62.